The number of nitrogens with zero attached hydrogens (tertiary/aromatic N) is 1. The van der Waals surface area contributed by atoms with Crippen LogP contribution in [0.2, 0.25) is 0 Å². The summed E-state index contributed by atoms with van der Waals surface area (Å²) in [5, 5.41) is 2.57. The molecule has 2 aliphatic carbocycles. The molecule has 0 N–H and O–H groups in total. The molecule has 0 saturated heterocycles. The van der Waals surface area contributed by atoms with Gasteiger partial charge in [-0.2, -0.15) is 0 Å². The Morgan fingerprint density at radius 3 is 1.62 bits per heavy atom. The average Bonchev–Trinajstić information content (AvgIpc) is 3.87. The predicted molar refractivity (Wildman–Crippen MR) is 266 cm³/mol. The van der Waals surface area contributed by atoms with Crippen LogP contribution in [0.4, 0.5) is 17.1 Å². The molecule has 0 saturated carbocycles. The maximum atomic E-state index is 7.01. The third-order valence-electron chi connectivity index (χ3n) is 14.5. The van der Waals surface area contributed by atoms with Crippen molar-refractivity contribution >= 4 is 48.6 Å². The van der Waals surface area contributed by atoms with E-state index in [-0.39, 0.29) is 16.2 Å². The van der Waals surface area contributed by atoms with Crippen molar-refractivity contribution in [1.29, 1.82) is 0 Å². The second kappa shape index (κ2) is 13.1. The first-order valence-corrected chi connectivity index (χ1v) is 23.2. The normalized spacial score (nSPS) is 15.0. The fraction of sp³-hybridized carbons (Fsp3) is 0.200. The van der Waals surface area contributed by atoms with Crippen LogP contribution >= 0.6 is 11.3 Å². The van der Waals surface area contributed by atoms with E-state index in [2.05, 4.69) is 224 Å². The number of ether oxygens (including phenoxy) is 1. The van der Waals surface area contributed by atoms with Crippen LogP contribution in [0.15, 0.2) is 164 Å². The van der Waals surface area contributed by atoms with Gasteiger partial charge in [-0.3, -0.25) is 0 Å². The molecule has 3 aliphatic rings. The molecule has 8 aromatic carbocycles. The van der Waals surface area contributed by atoms with E-state index in [0.29, 0.717) is 0 Å². The molecule has 9 aromatic rings. The van der Waals surface area contributed by atoms with Crippen molar-refractivity contribution in [3.8, 4) is 33.8 Å². The summed E-state index contributed by atoms with van der Waals surface area (Å²) < 4.78 is 9.59. The summed E-state index contributed by atoms with van der Waals surface area (Å²) in [6.45, 7) is 18.6. The summed E-state index contributed by atoms with van der Waals surface area (Å²) >= 11 is 1.87. The quantitative estimate of drug-likeness (QED) is 0.176. The number of benzene rings is 8. The molecule has 0 radical (unpaired) electrons. The lowest BCUT2D eigenvalue weighted by Gasteiger charge is -2.41. The van der Waals surface area contributed by atoms with Gasteiger partial charge in [-0.15, -0.1) is 11.3 Å². The van der Waals surface area contributed by atoms with Gasteiger partial charge in [-0.05, 0) is 133 Å². The summed E-state index contributed by atoms with van der Waals surface area (Å²) in [6.07, 6.45) is 0. The van der Waals surface area contributed by atoms with Crippen LogP contribution in [-0.4, -0.2) is 0 Å². The molecule has 3 heteroatoms. The van der Waals surface area contributed by atoms with Gasteiger partial charge in [0.2, 0.25) is 0 Å². The van der Waals surface area contributed by atoms with Crippen molar-refractivity contribution in [2.24, 2.45) is 0 Å². The van der Waals surface area contributed by atoms with E-state index >= 15 is 0 Å². The molecule has 0 bridgehead atoms. The van der Waals surface area contributed by atoms with Gasteiger partial charge in [0.1, 0.15) is 11.5 Å². The van der Waals surface area contributed by atoms with Crippen LogP contribution < -0.4 is 9.64 Å². The van der Waals surface area contributed by atoms with Crippen molar-refractivity contribution in [2.75, 3.05) is 4.90 Å². The number of fused-ring (bicyclic) bond motifs is 15. The minimum atomic E-state index is -0.637. The highest BCUT2D eigenvalue weighted by Gasteiger charge is 2.52. The molecular weight excluding hydrogens is 783 g/mol. The van der Waals surface area contributed by atoms with Gasteiger partial charge in [-0.1, -0.05) is 152 Å². The maximum Gasteiger partial charge on any atom is 0.132 e. The van der Waals surface area contributed by atoms with Gasteiger partial charge >= 0.3 is 0 Å². The molecular formula is C60H51NOS. The van der Waals surface area contributed by atoms with E-state index in [4.69, 9.17) is 4.74 Å². The van der Waals surface area contributed by atoms with Gasteiger partial charge in [-0.25, -0.2) is 0 Å². The van der Waals surface area contributed by atoms with Crippen LogP contribution in [0.1, 0.15) is 99.9 Å². The topological polar surface area (TPSA) is 12.5 Å². The van der Waals surface area contributed by atoms with Crippen molar-refractivity contribution in [3.63, 3.8) is 0 Å². The third-order valence-corrected chi connectivity index (χ3v) is 15.6. The Balaban J connectivity index is 1.18. The molecule has 0 fully saturated rings. The summed E-state index contributed by atoms with van der Waals surface area (Å²) in [7, 11) is 0. The fourth-order valence-corrected chi connectivity index (χ4v) is 12.3. The molecule has 1 spiro atoms. The minimum Gasteiger partial charge on any atom is -0.457 e. The molecule has 2 heterocycles. The van der Waals surface area contributed by atoms with Gasteiger partial charge in [0.25, 0.3) is 0 Å². The van der Waals surface area contributed by atoms with E-state index in [1.165, 1.54) is 92.6 Å². The average molecular weight is 834 g/mol. The summed E-state index contributed by atoms with van der Waals surface area (Å²) in [6, 6.07) is 62.2. The smallest absolute Gasteiger partial charge is 0.132 e. The number of rotatable bonds is 3. The molecule has 308 valence electrons. The highest BCUT2D eigenvalue weighted by molar-refractivity contribution is 7.26. The van der Waals surface area contributed by atoms with Crippen molar-refractivity contribution in [2.45, 2.75) is 77.0 Å². The first-order chi connectivity index (χ1) is 30.2. The highest BCUT2D eigenvalue weighted by Crippen LogP contribution is 2.64. The Kier molecular flexibility index (Phi) is 7.94. The minimum absolute atomic E-state index is 0.0631. The standard InChI is InChI=1S/C60H51NOS/c1-57(2,3)36-24-30-52-49(32-36)60(50-33-37(58(4,5)6)25-31-53(50)62-52)46-20-13-10-17-41(46)43-29-27-39(35-48(43)60)61(51-21-15-23-55-56(51)44-18-11-14-22-54(44)63-55)38-26-28-42-40-16-9-12-19-45(40)59(7,8)47(42)34-38/h9-35H,1-8H3. The lowest BCUT2D eigenvalue weighted by Crippen LogP contribution is -2.33. The zero-order valence-corrected chi connectivity index (χ0v) is 38.2. The van der Waals surface area contributed by atoms with E-state index in [1.807, 2.05) is 11.3 Å². The van der Waals surface area contributed by atoms with Crippen LogP contribution in [0.5, 0.6) is 11.5 Å². The maximum absolute atomic E-state index is 7.01. The molecule has 1 aromatic heterocycles. The van der Waals surface area contributed by atoms with Crippen LogP contribution in [0, 0.1) is 0 Å². The summed E-state index contributed by atoms with van der Waals surface area (Å²) in [4.78, 5) is 2.55. The van der Waals surface area contributed by atoms with Crippen molar-refractivity contribution < 1.29 is 4.74 Å². The Labute approximate surface area is 375 Å². The highest BCUT2D eigenvalue weighted by atomic mass is 32.1. The molecule has 12 rings (SSSR count). The third kappa shape index (κ3) is 5.36. The van der Waals surface area contributed by atoms with Crippen LogP contribution in [0.25, 0.3) is 42.4 Å². The lowest BCUT2D eigenvalue weighted by molar-refractivity contribution is 0.433. The Hall–Kier alpha value is -6.42. The SMILES string of the molecule is CC(C)(C)c1ccc2c(c1)C1(c3cc(C(C)(C)C)ccc3O2)c2ccccc2-c2ccc(N(c3ccc4c(c3)C(C)(C)c3ccccc3-4)c3cccc4sc5ccccc5c34)cc21. The second-order valence-corrected chi connectivity index (χ2v) is 21.6. The number of thiophene rings is 1. The lowest BCUT2D eigenvalue weighted by atomic mass is 9.64. The Morgan fingerprint density at radius 2 is 0.968 bits per heavy atom. The Bertz CT molecular complexity index is 3320. The number of hydrogen-bond acceptors (Lipinski definition) is 3. The number of anilines is 3. The van der Waals surface area contributed by atoms with E-state index < -0.39 is 5.41 Å². The van der Waals surface area contributed by atoms with Crippen molar-refractivity contribution in [3.05, 3.63) is 208 Å². The van der Waals surface area contributed by atoms with Gasteiger partial charge < -0.3 is 9.64 Å². The molecule has 2 nitrogen and oxygen atoms in total. The second-order valence-electron chi connectivity index (χ2n) is 20.5. The van der Waals surface area contributed by atoms with Gasteiger partial charge in [0.05, 0.1) is 11.1 Å². The van der Waals surface area contributed by atoms with Gasteiger partial charge in [0, 0.05) is 48.1 Å². The van der Waals surface area contributed by atoms with E-state index in [0.717, 1.165) is 22.9 Å². The van der Waals surface area contributed by atoms with Gasteiger partial charge in [0.15, 0.2) is 0 Å². The summed E-state index contributed by atoms with van der Waals surface area (Å²) in [5.41, 5.74) is 18.1. The number of hydrogen-bond donors (Lipinski definition) is 0. The molecule has 0 atom stereocenters. The molecule has 0 unspecified atom stereocenters. The molecule has 0 amide bonds. The fourth-order valence-electron chi connectivity index (χ4n) is 11.2. The molecule has 63 heavy (non-hydrogen) atoms. The zero-order valence-electron chi connectivity index (χ0n) is 37.4. The largest absolute Gasteiger partial charge is 0.457 e. The van der Waals surface area contributed by atoms with E-state index in [9.17, 15) is 0 Å². The van der Waals surface area contributed by atoms with Crippen LogP contribution in [0.3, 0.4) is 0 Å². The summed E-state index contributed by atoms with van der Waals surface area (Å²) in [5.74, 6) is 1.83. The van der Waals surface area contributed by atoms with Crippen LogP contribution in [-0.2, 0) is 21.7 Å². The first kappa shape index (κ1) is 38.3. The monoisotopic (exact) mass is 833 g/mol. The zero-order chi connectivity index (χ0) is 43.2. The molecule has 1 aliphatic heterocycles. The predicted octanol–water partition coefficient (Wildman–Crippen LogP) is 16.9. The Morgan fingerprint density at radius 1 is 0.444 bits per heavy atom. The van der Waals surface area contributed by atoms with Crippen molar-refractivity contribution in [1.82, 2.24) is 0 Å². The first-order valence-electron chi connectivity index (χ1n) is 22.4. The van der Waals surface area contributed by atoms with E-state index in [1.54, 1.807) is 0 Å².